The van der Waals surface area contributed by atoms with E-state index in [1.165, 1.54) is 5.56 Å². The van der Waals surface area contributed by atoms with E-state index in [4.69, 9.17) is 0 Å². The molecule has 0 N–H and O–H groups in total. The van der Waals surface area contributed by atoms with Gasteiger partial charge in [-0.2, -0.15) is 0 Å². The number of pyridine rings is 1. The topological polar surface area (TPSA) is 30.0 Å². The van der Waals surface area contributed by atoms with Crippen LogP contribution in [0.1, 0.15) is 40.9 Å². The summed E-state index contributed by atoms with van der Waals surface area (Å²) in [5.74, 6) is 0.241. The van der Waals surface area contributed by atoms with Crippen molar-refractivity contribution in [3.8, 4) is 0 Å². The molecule has 2 aromatic rings. The molecule has 1 unspecified atom stereocenters. The van der Waals surface area contributed by atoms with Gasteiger partial charge in [-0.25, -0.2) is 0 Å². The summed E-state index contributed by atoms with van der Waals surface area (Å²) < 4.78 is 0. The molecule has 0 aliphatic rings. The van der Waals surface area contributed by atoms with Crippen molar-refractivity contribution in [3.05, 3.63) is 65.5 Å². The Morgan fingerprint density at radius 3 is 2.59 bits per heavy atom. The van der Waals surface area contributed by atoms with E-state index in [9.17, 15) is 4.79 Å². The minimum Gasteiger partial charge on any atom is -0.296 e. The summed E-state index contributed by atoms with van der Waals surface area (Å²) in [7, 11) is 0. The van der Waals surface area contributed by atoms with Crippen LogP contribution < -0.4 is 0 Å². The van der Waals surface area contributed by atoms with Gasteiger partial charge in [-0.3, -0.25) is 9.78 Å². The molecule has 2 heteroatoms. The van der Waals surface area contributed by atoms with Gasteiger partial charge in [-0.15, -0.1) is 0 Å². The van der Waals surface area contributed by atoms with Crippen molar-refractivity contribution >= 4 is 6.29 Å². The molecule has 0 radical (unpaired) electrons. The lowest BCUT2D eigenvalue weighted by molar-refractivity contribution is 0.111. The van der Waals surface area contributed by atoms with Gasteiger partial charge in [0, 0.05) is 12.1 Å². The highest BCUT2D eigenvalue weighted by atomic mass is 16.1. The fraction of sp³-hybridized carbons (Fsp3) is 0.200. The number of carbonyl (C=O) groups excluding carboxylic acids is 1. The molecule has 0 saturated carbocycles. The van der Waals surface area contributed by atoms with Crippen LogP contribution in [0.25, 0.3) is 0 Å². The third-order valence-electron chi connectivity index (χ3n) is 2.97. The molecular weight excluding hydrogens is 210 g/mol. The average molecular weight is 225 g/mol. The lowest BCUT2D eigenvalue weighted by Crippen LogP contribution is -2.04. The maximum absolute atomic E-state index is 11.0. The number of nitrogens with zero attached hydrogens (tertiary/aromatic N) is 1. The van der Waals surface area contributed by atoms with E-state index in [1.807, 2.05) is 30.3 Å². The summed E-state index contributed by atoms with van der Waals surface area (Å²) in [4.78, 5) is 15.1. The zero-order valence-electron chi connectivity index (χ0n) is 9.84. The summed E-state index contributed by atoms with van der Waals surface area (Å²) in [6.07, 6.45) is 3.45. The van der Waals surface area contributed by atoms with Gasteiger partial charge in [0.2, 0.25) is 0 Å². The van der Waals surface area contributed by atoms with E-state index in [0.717, 1.165) is 18.3 Å². The van der Waals surface area contributed by atoms with Crippen molar-refractivity contribution in [1.82, 2.24) is 4.98 Å². The number of aldehydes is 1. The van der Waals surface area contributed by atoms with Crippen molar-refractivity contribution in [2.75, 3.05) is 0 Å². The molecule has 0 fully saturated rings. The van der Waals surface area contributed by atoms with E-state index in [1.54, 1.807) is 6.20 Å². The molecule has 0 aliphatic carbocycles. The second-order valence-corrected chi connectivity index (χ2v) is 3.97. The molecule has 17 heavy (non-hydrogen) atoms. The maximum atomic E-state index is 11.0. The first-order chi connectivity index (χ1) is 8.36. The van der Waals surface area contributed by atoms with Gasteiger partial charge in [0.05, 0.1) is 0 Å². The number of rotatable bonds is 4. The highest BCUT2D eigenvalue weighted by Crippen LogP contribution is 2.28. The summed E-state index contributed by atoms with van der Waals surface area (Å²) in [6, 6.07) is 14.1. The Labute approximate surface area is 101 Å². The van der Waals surface area contributed by atoms with Gasteiger partial charge >= 0.3 is 0 Å². The van der Waals surface area contributed by atoms with Crippen LogP contribution >= 0.6 is 0 Å². The van der Waals surface area contributed by atoms with Crippen molar-refractivity contribution in [2.45, 2.75) is 19.3 Å². The van der Waals surface area contributed by atoms with Crippen LogP contribution in [-0.2, 0) is 0 Å². The maximum Gasteiger partial charge on any atom is 0.168 e. The highest BCUT2D eigenvalue weighted by Gasteiger charge is 2.15. The number of aromatic nitrogens is 1. The Bertz CT molecular complexity index is 493. The normalized spacial score (nSPS) is 12.1. The second kappa shape index (κ2) is 5.39. The largest absolute Gasteiger partial charge is 0.296 e. The van der Waals surface area contributed by atoms with Gasteiger partial charge in [-0.1, -0.05) is 43.3 Å². The Balaban J connectivity index is 2.46. The first-order valence-corrected chi connectivity index (χ1v) is 5.81. The number of benzene rings is 1. The van der Waals surface area contributed by atoms with E-state index in [2.05, 4.69) is 24.0 Å². The van der Waals surface area contributed by atoms with Crippen LogP contribution in [-0.4, -0.2) is 11.3 Å². The van der Waals surface area contributed by atoms with Gasteiger partial charge in [-0.05, 0) is 23.6 Å². The number of hydrogen-bond donors (Lipinski definition) is 0. The summed E-state index contributed by atoms with van der Waals surface area (Å²) in [6.45, 7) is 2.12. The van der Waals surface area contributed by atoms with E-state index in [-0.39, 0.29) is 5.92 Å². The minimum absolute atomic E-state index is 0.241. The molecule has 0 bridgehead atoms. The molecule has 1 heterocycles. The predicted molar refractivity (Wildman–Crippen MR) is 68.2 cm³/mol. The Morgan fingerprint density at radius 2 is 1.94 bits per heavy atom. The zero-order chi connectivity index (χ0) is 12.1. The lowest BCUT2D eigenvalue weighted by atomic mass is 9.88. The summed E-state index contributed by atoms with van der Waals surface area (Å²) >= 11 is 0. The van der Waals surface area contributed by atoms with Crippen LogP contribution in [0.3, 0.4) is 0 Å². The smallest absolute Gasteiger partial charge is 0.168 e. The molecule has 86 valence electrons. The molecular formula is C15H15NO. The van der Waals surface area contributed by atoms with E-state index >= 15 is 0 Å². The van der Waals surface area contributed by atoms with Crippen molar-refractivity contribution in [1.29, 1.82) is 0 Å². The Morgan fingerprint density at radius 1 is 1.18 bits per heavy atom. The average Bonchev–Trinajstić information content (AvgIpc) is 2.41. The Kier molecular flexibility index (Phi) is 3.66. The highest BCUT2D eigenvalue weighted by molar-refractivity contribution is 5.74. The SMILES string of the molecule is CCC(c1ccccc1)c1cccnc1C=O. The fourth-order valence-corrected chi connectivity index (χ4v) is 2.14. The van der Waals surface area contributed by atoms with Gasteiger partial charge in [0.25, 0.3) is 0 Å². The number of hydrogen-bond acceptors (Lipinski definition) is 2. The van der Waals surface area contributed by atoms with Gasteiger partial charge < -0.3 is 0 Å². The van der Waals surface area contributed by atoms with Crippen LogP contribution in [0.15, 0.2) is 48.7 Å². The van der Waals surface area contributed by atoms with Crippen LogP contribution in [0.4, 0.5) is 0 Å². The van der Waals surface area contributed by atoms with E-state index < -0.39 is 0 Å². The van der Waals surface area contributed by atoms with Gasteiger partial charge in [0.15, 0.2) is 6.29 Å². The third-order valence-corrected chi connectivity index (χ3v) is 2.97. The summed E-state index contributed by atoms with van der Waals surface area (Å²) in [5, 5.41) is 0. The molecule has 0 spiro atoms. The van der Waals surface area contributed by atoms with Crippen molar-refractivity contribution < 1.29 is 4.79 Å². The quantitative estimate of drug-likeness (QED) is 0.746. The van der Waals surface area contributed by atoms with Crippen LogP contribution in [0.2, 0.25) is 0 Å². The molecule has 2 nitrogen and oxygen atoms in total. The van der Waals surface area contributed by atoms with Crippen LogP contribution in [0.5, 0.6) is 0 Å². The van der Waals surface area contributed by atoms with Crippen LogP contribution in [0, 0.1) is 0 Å². The third kappa shape index (κ3) is 2.41. The molecule has 0 aliphatic heterocycles. The first kappa shape index (κ1) is 11.5. The lowest BCUT2D eigenvalue weighted by Gasteiger charge is -2.16. The molecule has 1 atom stereocenters. The van der Waals surface area contributed by atoms with E-state index in [0.29, 0.717) is 5.69 Å². The zero-order valence-corrected chi connectivity index (χ0v) is 9.84. The number of carbonyl (C=O) groups is 1. The monoisotopic (exact) mass is 225 g/mol. The fourth-order valence-electron chi connectivity index (χ4n) is 2.14. The predicted octanol–water partition coefficient (Wildman–Crippen LogP) is 3.44. The first-order valence-electron chi connectivity index (χ1n) is 5.81. The second-order valence-electron chi connectivity index (χ2n) is 3.97. The Hall–Kier alpha value is -1.96. The van der Waals surface area contributed by atoms with Crippen molar-refractivity contribution in [3.63, 3.8) is 0 Å². The molecule has 0 saturated heterocycles. The van der Waals surface area contributed by atoms with Crippen molar-refractivity contribution in [2.24, 2.45) is 0 Å². The minimum atomic E-state index is 0.241. The van der Waals surface area contributed by atoms with Gasteiger partial charge in [0.1, 0.15) is 5.69 Å². The molecule has 1 aromatic carbocycles. The standard InChI is InChI=1S/C15H15NO/c1-2-13(12-7-4-3-5-8-12)14-9-6-10-16-15(14)11-17/h3-11,13H,2H2,1H3. The molecule has 2 rings (SSSR count). The summed E-state index contributed by atoms with van der Waals surface area (Å²) in [5.41, 5.74) is 2.78. The molecule has 0 amide bonds. The molecule has 1 aromatic heterocycles.